The molecule has 1 aromatic carbocycles. The number of nitrogens with zero attached hydrogens (tertiary/aromatic N) is 3. The van der Waals surface area contributed by atoms with Gasteiger partial charge in [-0.3, -0.25) is 19.3 Å². The molecular formula is C25H37N5O4S. The number of carbonyl (C=O) groups is 3. The van der Waals surface area contributed by atoms with Gasteiger partial charge in [0, 0.05) is 30.9 Å². The third-order valence-electron chi connectivity index (χ3n) is 5.63. The van der Waals surface area contributed by atoms with Crippen molar-refractivity contribution in [1.29, 1.82) is 5.26 Å². The summed E-state index contributed by atoms with van der Waals surface area (Å²) in [5.41, 5.74) is 1.57. The van der Waals surface area contributed by atoms with Gasteiger partial charge < -0.3 is 20.3 Å². The van der Waals surface area contributed by atoms with Crippen LogP contribution in [-0.4, -0.2) is 78.0 Å². The van der Waals surface area contributed by atoms with Crippen molar-refractivity contribution in [3.8, 4) is 6.07 Å². The third-order valence-corrected chi connectivity index (χ3v) is 7.16. The van der Waals surface area contributed by atoms with E-state index in [-0.39, 0.29) is 35.5 Å². The number of likely N-dealkylation sites (N-methyl/N-ethyl adjacent to an activating group) is 1. The van der Waals surface area contributed by atoms with Crippen LogP contribution in [0.2, 0.25) is 0 Å². The summed E-state index contributed by atoms with van der Waals surface area (Å²) >= 11 is 1.50. The Hall–Kier alpha value is -2.77. The maximum absolute atomic E-state index is 12.9. The molecule has 1 saturated heterocycles. The van der Waals surface area contributed by atoms with E-state index in [1.54, 1.807) is 11.8 Å². The monoisotopic (exact) mass is 503 g/mol. The van der Waals surface area contributed by atoms with Gasteiger partial charge in [-0.1, -0.05) is 13.0 Å². The Kier molecular flexibility index (Phi) is 11.9. The van der Waals surface area contributed by atoms with Gasteiger partial charge in [-0.15, -0.1) is 11.8 Å². The van der Waals surface area contributed by atoms with Crippen LogP contribution in [0.5, 0.6) is 0 Å². The van der Waals surface area contributed by atoms with Crippen LogP contribution >= 0.6 is 11.8 Å². The number of nitrogens with one attached hydrogen (secondary N) is 2. The zero-order valence-electron chi connectivity index (χ0n) is 21.1. The first-order valence-corrected chi connectivity index (χ1v) is 13.1. The Bertz CT molecular complexity index is 906. The van der Waals surface area contributed by atoms with Gasteiger partial charge in [0.25, 0.3) is 0 Å². The van der Waals surface area contributed by atoms with E-state index in [4.69, 9.17) is 4.74 Å². The third kappa shape index (κ3) is 8.75. The second-order valence-electron chi connectivity index (χ2n) is 8.46. The van der Waals surface area contributed by atoms with Gasteiger partial charge in [-0.25, -0.2) is 0 Å². The lowest BCUT2D eigenvalue weighted by Gasteiger charge is -2.23. The summed E-state index contributed by atoms with van der Waals surface area (Å²) in [6.45, 7) is 8.21. The van der Waals surface area contributed by atoms with Crippen molar-refractivity contribution < 1.29 is 19.1 Å². The Balaban J connectivity index is 1.88. The number of anilines is 2. The molecule has 0 radical (unpaired) electrons. The van der Waals surface area contributed by atoms with Crippen LogP contribution in [0.25, 0.3) is 0 Å². The van der Waals surface area contributed by atoms with Crippen molar-refractivity contribution in [2.45, 2.75) is 50.7 Å². The zero-order valence-corrected chi connectivity index (χ0v) is 21.9. The summed E-state index contributed by atoms with van der Waals surface area (Å²) in [4.78, 5) is 40.9. The van der Waals surface area contributed by atoms with Gasteiger partial charge in [0.2, 0.25) is 11.8 Å². The number of amides is 2. The lowest BCUT2D eigenvalue weighted by atomic mass is 10.1. The predicted octanol–water partition coefficient (Wildman–Crippen LogP) is 3.15. The topological polar surface area (TPSA) is 115 Å². The van der Waals surface area contributed by atoms with Crippen LogP contribution in [0.4, 0.5) is 11.4 Å². The number of ether oxygens (including phenoxy) is 1. The van der Waals surface area contributed by atoms with Crippen LogP contribution < -0.4 is 10.6 Å². The van der Waals surface area contributed by atoms with E-state index in [1.807, 2.05) is 49.2 Å². The fraction of sp³-hybridized carbons (Fsp3) is 0.600. The quantitative estimate of drug-likeness (QED) is 0.372. The minimum absolute atomic E-state index is 0.0297. The molecule has 9 nitrogen and oxygen atoms in total. The van der Waals surface area contributed by atoms with E-state index in [0.717, 1.165) is 24.3 Å². The number of hydrogen-bond donors (Lipinski definition) is 2. The van der Waals surface area contributed by atoms with Gasteiger partial charge >= 0.3 is 5.97 Å². The molecule has 0 aliphatic carbocycles. The molecule has 35 heavy (non-hydrogen) atoms. The maximum Gasteiger partial charge on any atom is 0.323 e. The van der Waals surface area contributed by atoms with Crippen LogP contribution in [0.3, 0.4) is 0 Å². The molecule has 2 N–H and O–H groups in total. The highest BCUT2D eigenvalue weighted by Gasteiger charge is 2.41. The van der Waals surface area contributed by atoms with E-state index in [2.05, 4.69) is 17.6 Å². The second kappa shape index (κ2) is 14.6. The highest BCUT2D eigenvalue weighted by atomic mass is 32.2. The first-order valence-electron chi connectivity index (χ1n) is 12.2. The minimum Gasteiger partial charge on any atom is -0.465 e. The Morgan fingerprint density at radius 3 is 2.69 bits per heavy atom. The zero-order chi connectivity index (χ0) is 25.8. The Morgan fingerprint density at radius 2 is 2.03 bits per heavy atom. The molecule has 1 aliphatic rings. The molecule has 0 bridgehead atoms. The summed E-state index contributed by atoms with van der Waals surface area (Å²) in [6, 6.07) is 9.52. The van der Waals surface area contributed by atoms with E-state index in [9.17, 15) is 19.6 Å². The van der Waals surface area contributed by atoms with Gasteiger partial charge in [-0.05, 0) is 58.5 Å². The van der Waals surface area contributed by atoms with E-state index in [1.165, 1.54) is 11.8 Å². The molecule has 3 unspecified atom stereocenters. The van der Waals surface area contributed by atoms with Crippen molar-refractivity contribution >= 4 is 40.9 Å². The average Bonchev–Trinajstić information content (AvgIpc) is 3.11. The number of nitriles is 1. The number of hydrogen-bond acceptors (Lipinski definition) is 8. The fourth-order valence-corrected chi connectivity index (χ4v) is 5.58. The summed E-state index contributed by atoms with van der Waals surface area (Å²) in [5.74, 6) is -1.45. The van der Waals surface area contributed by atoms with Crippen LogP contribution in [0.15, 0.2) is 24.3 Å². The number of esters is 1. The number of benzene rings is 1. The standard InChI is InChI=1S/C25H37N5O4S/c1-5-13-29(4)17-22(31)28-20-10-8-9-19(15-20)27-12-11-21-24(32)30(6-2)23(35-21)14-18(16-26)25(33)34-7-3/h8-10,15,18,21,23,27H,5-7,11-14,17H2,1-4H3,(H,28,31). The largest absolute Gasteiger partial charge is 0.465 e. The fourth-order valence-electron chi connectivity index (χ4n) is 3.99. The van der Waals surface area contributed by atoms with Crippen LogP contribution in [0, 0.1) is 17.2 Å². The first kappa shape index (κ1) is 28.5. The highest BCUT2D eigenvalue weighted by Crippen LogP contribution is 2.37. The molecule has 1 aromatic rings. The molecule has 192 valence electrons. The van der Waals surface area contributed by atoms with Gasteiger partial charge in [0.1, 0.15) is 5.92 Å². The normalized spacial score (nSPS) is 18.3. The molecular weight excluding hydrogens is 466 g/mol. The van der Waals surface area contributed by atoms with Crippen molar-refractivity contribution in [2.75, 3.05) is 50.5 Å². The van der Waals surface area contributed by atoms with Gasteiger partial charge in [-0.2, -0.15) is 5.26 Å². The van der Waals surface area contributed by atoms with E-state index >= 15 is 0 Å². The summed E-state index contributed by atoms with van der Waals surface area (Å²) in [5, 5.41) is 15.2. The molecule has 10 heteroatoms. The lowest BCUT2D eigenvalue weighted by Crippen LogP contribution is -2.36. The molecule has 2 amide bonds. The average molecular weight is 504 g/mol. The van der Waals surface area contributed by atoms with Crippen LogP contribution in [-0.2, 0) is 19.1 Å². The molecule has 0 saturated carbocycles. The molecule has 1 fully saturated rings. The number of rotatable bonds is 14. The predicted molar refractivity (Wildman–Crippen MR) is 139 cm³/mol. The first-order chi connectivity index (χ1) is 16.8. The maximum atomic E-state index is 12.9. The smallest absolute Gasteiger partial charge is 0.323 e. The van der Waals surface area contributed by atoms with E-state index in [0.29, 0.717) is 26.1 Å². The number of carbonyl (C=O) groups excluding carboxylic acids is 3. The molecule has 3 atom stereocenters. The van der Waals surface area contributed by atoms with Crippen molar-refractivity contribution in [1.82, 2.24) is 9.80 Å². The molecule has 1 aliphatic heterocycles. The van der Waals surface area contributed by atoms with Crippen molar-refractivity contribution in [3.05, 3.63) is 24.3 Å². The highest BCUT2D eigenvalue weighted by molar-refractivity contribution is 8.01. The lowest BCUT2D eigenvalue weighted by molar-refractivity contribution is -0.146. The van der Waals surface area contributed by atoms with Gasteiger partial charge in [0.05, 0.1) is 29.8 Å². The number of thioether (sulfide) groups is 1. The van der Waals surface area contributed by atoms with Crippen LogP contribution in [0.1, 0.15) is 40.0 Å². The SMILES string of the molecule is CCCN(C)CC(=O)Nc1cccc(NCCC2SC(CC(C#N)C(=O)OCC)N(CC)C2=O)c1. The summed E-state index contributed by atoms with van der Waals surface area (Å²) in [6.07, 6.45) is 1.86. The molecule has 0 aromatic heterocycles. The van der Waals surface area contributed by atoms with Crippen molar-refractivity contribution in [3.63, 3.8) is 0 Å². The molecule has 2 rings (SSSR count). The van der Waals surface area contributed by atoms with Gasteiger partial charge in [0.15, 0.2) is 0 Å². The minimum atomic E-state index is -0.883. The van der Waals surface area contributed by atoms with E-state index < -0.39 is 11.9 Å². The molecule has 1 heterocycles. The summed E-state index contributed by atoms with van der Waals surface area (Å²) < 4.78 is 4.99. The second-order valence-corrected chi connectivity index (χ2v) is 9.84. The van der Waals surface area contributed by atoms with Crippen molar-refractivity contribution in [2.24, 2.45) is 5.92 Å². The summed E-state index contributed by atoms with van der Waals surface area (Å²) in [7, 11) is 1.92. The Morgan fingerprint density at radius 1 is 1.29 bits per heavy atom. The molecule has 0 spiro atoms. The Labute approximate surface area is 212 Å².